The van der Waals surface area contributed by atoms with Gasteiger partial charge in [-0.05, 0) is 12.1 Å². The predicted octanol–water partition coefficient (Wildman–Crippen LogP) is 0.624. The van der Waals surface area contributed by atoms with Gasteiger partial charge in [-0.3, -0.25) is 0 Å². The molecule has 2 N–H and O–H groups in total. The highest BCUT2D eigenvalue weighted by molar-refractivity contribution is 7.89. The van der Waals surface area contributed by atoms with Gasteiger partial charge in [0.15, 0.2) is 17.4 Å². The van der Waals surface area contributed by atoms with E-state index in [2.05, 4.69) is 4.74 Å². The van der Waals surface area contributed by atoms with E-state index < -0.39 is 32.3 Å². The Labute approximate surface area is 91.1 Å². The Bertz CT molecular complexity index is 525. The smallest absolute Gasteiger partial charge is 0.238 e. The van der Waals surface area contributed by atoms with Gasteiger partial charge < -0.3 is 4.74 Å². The highest BCUT2D eigenvalue weighted by Crippen LogP contribution is 2.24. The number of terminal acetylenes is 1. The number of hydrogen-bond acceptors (Lipinski definition) is 3. The third kappa shape index (κ3) is 2.68. The van der Waals surface area contributed by atoms with Crippen molar-refractivity contribution in [3.8, 4) is 18.1 Å². The van der Waals surface area contributed by atoms with Crippen molar-refractivity contribution in [1.82, 2.24) is 0 Å². The van der Waals surface area contributed by atoms with Gasteiger partial charge in [0.1, 0.15) is 6.61 Å². The SMILES string of the molecule is C#CCOc1c(F)cc(S(N)(=O)=O)cc1F. The van der Waals surface area contributed by atoms with Crippen molar-refractivity contribution in [2.45, 2.75) is 4.90 Å². The maximum atomic E-state index is 13.2. The average Bonchev–Trinajstić information content (AvgIpc) is 2.15. The molecule has 0 heterocycles. The minimum atomic E-state index is -4.16. The molecule has 0 aromatic heterocycles. The molecule has 86 valence electrons. The van der Waals surface area contributed by atoms with Crippen molar-refractivity contribution in [3.05, 3.63) is 23.8 Å². The highest BCUT2D eigenvalue weighted by Gasteiger charge is 2.17. The molecule has 0 atom stereocenters. The van der Waals surface area contributed by atoms with E-state index >= 15 is 0 Å². The Morgan fingerprint density at radius 3 is 2.25 bits per heavy atom. The quantitative estimate of drug-likeness (QED) is 0.796. The van der Waals surface area contributed by atoms with Crippen LogP contribution in [0.5, 0.6) is 5.75 Å². The van der Waals surface area contributed by atoms with Crippen LogP contribution < -0.4 is 9.88 Å². The van der Waals surface area contributed by atoms with E-state index in [1.54, 1.807) is 0 Å². The number of benzene rings is 1. The molecule has 0 spiro atoms. The van der Waals surface area contributed by atoms with Crippen LogP contribution in [0.3, 0.4) is 0 Å². The van der Waals surface area contributed by atoms with Crippen LogP contribution in [0.4, 0.5) is 8.78 Å². The zero-order valence-electron chi connectivity index (χ0n) is 7.91. The number of ether oxygens (including phenoxy) is 1. The van der Waals surface area contributed by atoms with Crippen molar-refractivity contribution in [3.63, 3.8) is 0 Å². The molecule has 0 unspecified atom stereocenters. The van der Waals surface area contributed by atoms with Crippen LogP contribution in [0.25, 0.3) is 0 Å². The molecule has 1 aromatic carbocycles. The maximum Gasteiger partial charge on any atom is 0.238 e. The van der Waals surface area contributed by atoms with Gasteiger partial charge in [-0.15, -0.1) is 6.42 Å². The van der Waals surface area contributed by atoms with Gasteiger partial charge in [0, 0.05) is 0 Å². The molecule has 0 amide bonds. The minimum Gasteiger partial charge on any atom is -0.475 e. The summed E-state index contributed by atoms with van der Waals surface area (Å²) < 4.78 is 52.7. The number of primary sulfonamides is 1. The standard InChI is InChI=1S/C9H7F2NO3S/c1-2-3-15-9-7(10)4-6(5-8(9)11)16(12,13)14/h1,4-5H,3H2,(H2,12,13,14). The second-order valence-corrected chi connectivity index (χ2v) is 4.32. The van der Waals surface area contributed by atoms with Gasteiger partial charge in [0.25, 0.3) is 0 Å². The van der Waals surface area contributed by atoms with Crippen molar-refractivity contribution < 1.29 is 21.9 Å². The summed E-state index contributed by atoms with van der Waals surface area (Å²) in [5, 5.41) is 4.71. The van der Waals surface area contributed by atoms with E-state index in [0.717, 1.165) is 0 Å². The Kier molecular flexibility index (Phi) is 3.47. The fourth-order valence-corrected chi connectivity index (χ4v) is 1.49. The van der Waals surface area contributed by atoms with Gasteiger partial charge in [-0.25, -0.2) is 22.3 Å². The average molecular weight is 247 g/mol. The van der Waals surface area contributed by atoms with Gasteiger partial charge in [0.05, 0.1) is 4.90 Å². The molecule has 0 aliphatic carbocycles. The highest BCUT2D eigenvalue weighted by atomic mass is 32.2. The summed E-state index contributed by atoms with van der Waals surface area (Å²) in [6, 6.07) is 1.12. The lowest BCUT2D eigenvalue weighted by atomic mass is 10.3. The fourth-order valence-electron chi connectivity index (χ4n) is 0.953. The normalized spacial score (nSPS) is 10.9. The molecule has 0 fully saturated rings. The van der Waals surface area contributed by atoms with E-state index in [4.69, 9.17) is 11.6 Å². The topological polar surface area (TPSA) is 69.4 Å². The van der Waals surface area contributed by atoms with Gasteiger partial charge in [-0.1, -0.05) is 5.92 Å². The van der Waals surface area contributed by atoms with Crippen molar-refractivity contribution >= 4 is 10.0 Å². The molecule has 0 saturated heterocycles. The Morgan fingerprint density at radius 2 is 1.88 bits per heavy atom. The molecular weight excluding hydrogens is 240 g/mol. The number of halogens is 2. The van der Waals surface area contributed by atoms with Crippen LogP contribution in [0.15, 0.2) is 17.0 Å². The third-order valence-electron chi connectivity index (χ3n) is 1.60. The fraction of sp³-hybridized carbons (Fsp3) is 0.111. The van der Waals surface area contributed by atoms with Crippen LogP contribution in [0.1, 0.15) is 0 Å². The second kappa shape index (κ2) is 4.47. The molecular formula is C9H7F2NO3S. The number of hydrogen-bond donors (Lipinski definition) is 1. The van der Waals surface area contributed by atoms with Gasteiger partial charge in [-0.2, -0.15) is 0 Å². The summed E-state index contributed by atoms with van der Waals surface area (Å²) in [5.74, 6) is -1.08. The first kappa shape index (κ1) is 12.4. The first-order chi connectivity index (χ1) is 7.36. The zero-order chi connectivity index (χ0) is 12.3. The molecule has 0 aliphatic heterocycles. The summed E-state index contributed by atoms with van der Waals surface area (Å²) in [5.41, 5.74) is 0. The van der Waals surface area contributed by atoms with Crippen molar-refractivity contribution in [1.29, 1.82) is 0 Å². The minimum absolute atomic E-state index is 0.331. The summed E-state index contributed by atoms with van der Waals surface area (Å²) in [6.45, 7) is -0.331. The van der Waals surface area contributed by atoms with E-state index in [1.807, 2.05) is 5.92 Å². The summed E-state index contributed by atoms with van der Waals surface area (Å²) in [7, 11) is -4.16. The van der Waals surface area contributed by atoms with E-state index in [9.17, 15) is 17.2 Å². The van der Waals surface area contributed by atoms with Crippen LogP contribution in [-0.2, 0) is 10.0 Å². The molecule has 1 aromatic rings. The summed E-state index contributed by atoms with van der Waals surface area (Å²) >= 11 is 0. The van der Waals surface area contributed by atoms with Crippen molar-refractivity contribution in [2.75, 3.05) is 6.61 Å². The number of rotatable bonds is 3. The van der Waals surface area contributed by atoms with Gasteiger partial charge >= 0.3 is 0 Å². The third-order valence-corrected chi connectivity index (χ3v) is 2.49. The van der Waals surface area contributed by atoms with E-state index in [-0.39, 0.29) is 6.61 Å². The zero-order valence-corrected chi connectivity index (χ0v) is 8.72. The number of nitrogens with two attached hydrogens (primary N) is 1. The first-order valence-corrected chi connectivity index (χ1v) is 5.49. The lowest BCUT2D eigenvalue weighted by molar-refractivity contribution is 0.325. The van der Waals surface area contributed by atoms with E-state index in [1.165, 1.54) is 0 Å². The molecule has 4 nitrogen and oxygen atoms in total. The monoisotopic (exact) mass is 247 g/mol. The lowest BCUT2D eigenvalue weighted by Crippen LogP contribution is -2.13. The Morgan fingerprint density at radius 1 is 1.38 bits per heavy atom. The van der Waals surface area contributed by atoms with Crippen LogP contribution in [0.2, 0.25) is 0 Å². The van der Waals surface area contributed by atoms with Crippen molar-refractivity contribution in [2.24, 2.45) is 5.14 Å². The molecule has 0 radical (unpaired) electrons. The largest absolute Gasteiger partial charge is 0.475 e. The maximum absolute atomic E-state index is 13.2. The molecule has 0 bridgehead atoms. The molecule has 0 aliphatic rings. The lowest BCUT2D eigenvalue weighted by Gasteiger charge is -2.06. The molecule has 16 heavy (non-hydrogen) atoms. The van der Waals surface area contributed by atoms with Crippen LogP contribution >= 0.6 is 0 Å². The molecule has 1 rings (SSSR count). The number of sulfonamides is 1. The molecule has 7 heteroatoms. The van der Waals surface area contributed by atoms with Crippen LogP contribution in [0, 0.1) is 24.0 Å². The Hall–Kier alpha value is -1.65. The van der Waals surface area contributed by atoms with E-state index in [0.29, 0.717) is 12.1 Å². The molecule has 0 saturated carbocycles. The Balaban J connectivity index is 3.24. The second-order valence-electron chi connectivity index (χ2n) is 2.75. The first-order valence-electron chi connectivity index (χ1n) is 3.94. The summed E-state index contributed by atoms with van der Waals surface area (Å²) in [6.07, 6.45) is 4.84. The summed E-state index contributed by atoms with van der Waals surface area (Å²) in [4.78, 5) is -0.671. The van der Waals surface area contributed by atoms with Gasteiger partial charge in [0.2, 0.25) is 10.0 Å². The van der Waals surface area contributed by atoms with Crippen LogP contribution in [-0.4, -0.2) is 15.0 Å². The predicted molar refractivity (Wildman–Crippen MR) is 52.1 cm³/mol.